The van der Waals surface area contributed by atoms with Crippen LogP contribution in [-0.4, -0.2) is 30.7 Å². The third-order valence-electron chi connectivity index (χ3n) is 2.93. The van der Waals surface area contributed by atoms with Crippen LogP contribution in [0.1, 0.15) is 10.4 Å². The average molecular weight is 344 g/mol. The Balaban J connectivity index is 1.78. The Hall–Kier alpha value is -2.93. The van der Waals surface area contributed by atoms with E-state index in [0.29, 0.717) is 11.3 Å². The molecule has 0 unspecified atom stereocenters. The van der Waals surface area contributed by atoms with E-state index in [0.717, 1.165) is 5.69 Å². The summed E-state index contributed by atoms with van der Waals surface area (Å²) in [5.74, 6) is -0.364. The fourth-order valence-corrected chi connectivity index (χ4v) is 2.03. The predicted molar refractivity (Wildman–Crippen MR) is 94.1 cm³/mol. The van der Waals surface area contributed by atoms with Crippen LogP contribution in [0.3, 0.4) is 0 Å². The molecule has 0 heterocycles. The van der Waals surface area contributed by atoms with Crippen molar-refractivity contribution in [1.82, 2.24) is 5.32 Å². The molecular formula is C17H16N2O4S. The molecule has 2 aromatic carbocycles. The lowest BCUT2D eigenvalue weighted by Crippen LogP contribution is -2.37. The van der Waals surface area contributed by atoms with E-state index >= 15 is 0 Å². The lowest BCUT2D eigenvalue weighted by Gasteiger charge is -2.10. The number of hydrogen-bond acceptors (Lipinski definition) is 5. The second kappa shape index (κ2) is 8.64. The molecule has 1 amide bonds. The van der Waals surface area contributed by atoms with Crippen LogP contribution >= 0.6 is 12.2 Å². The van der Waals surface area contributed by atoms with Crippen LogP contribution in [0.4, 0.5) is 5.69 Å². The van der Waals surface area contributed by atoms with Gasteiger partial charge in [0.2, 0.25) is 0 Å². The number of carbonyl (C=O) groups is 2. The summed E-state index contributed by atoms with van der Waals surface area (Å²) < 4.78 is 9.94. The number of carbonyl (C=O) groups excluding carboxylic acids is 2. The Morgan fingerprint density at radius 2 is 1.71 bits per heavy atom. The van der Waals surface area contributed by atoms with Crippen molar-refractivity contribution in [2.45, 2.75) is 0 Å². The quantitative estimate of drug-likeness (QED) is 0.641. The summed E-state index contributed by atoms with van der Waals surface area (Å²) in [7, 11) is 1.31. The summed E-state index contributed by atoms with van der Waals surface area (Å²) in [6.07, 6.45) is 0. The highest BCUT2D eigenvalue weighted by Crippen LogP contribution is 2.12. The van der Waals surface area contributed by atoms with Crippen molar-refractivity contribution in [1.29, 1.82) is 0 Å². The standard InChI is InChI=1S/C17H16N2O4S/c1-22-16(21)12-7-9-14(10-8-12)23-11-15(20)19-17(24)18-13-5-3-2-4-6-13/h2-10H,11H2,1H3,(H2,18,19,20,24). The number of ether oxygens (including phenoxy) is 2. The van der Waals surface area contributed by atoms with Gasteiger partial charge in [0, 0.05) is 5.69 Å². The van der Waals surface area contributed by atoms with Crippen molar-refractivity contribution in [3.63, 3.8) is 0 Å². The minimum absolute atomic E-state index is 0.191. The van der Waals surface area contributed by atoms with Gasteiger partial charge >= 0.3 is 5.97 Å². The Labute approximate surface area is 144 Å². The Bertz CT molecular complexity index is 717. The molecule has 2 aromatic rings. The molecule has 0 aliphatic rings. The van der Waals surface area contributed by atoms with Gasteiger partial charge in [-0.05, 0) is 48.6 Å². The van der Waals surface area contributed by atoms with Gasteiger partial charge in [-0.2, -0.15) is 0 Å². The topological polar surface area (TPSA) is 76.7 Å². The van der Waals surface area contributed by atoms with E-state index < -0.39 is 5.97 Å². The van der Waals surface area contributed by atoms with Gasteiger partial charge in [-0.15, -0.1) is 0 Å². The molecule has 7 heteroatoms. The fraction of sp³-hybridized carbons (Fsp3) is 0.118. The maximum atomic E-state index is 11.8. The first-order chi connectivity index (χ1) is 11.6. The van der Waals surface area contributed by atoms with E-state index in [4.69, 9.17) is 17.0 Å². The number of esters is 1. The number of nitrogens with one attached hydrogen (secondary N) is 2. The van der Waals surface area contributed by atoms with E-state index in [9.17, 15) is 9.59 Å². The normalized spacial score (nSPS) is 9.71. The molecule has 0 aliphatic heterocycles. The molecule has 0 atom stereocenters. The van der Waals surface area contributed by atoms with E-state index in [1.165, 1.54) is 7.11 Å². The first-order valence-corrected chi connectivity index (χ1v) is 7.46. The number of para-hydroxylation sites is 1. The fourth-order valence-electron chi connectivity index (χ4n) is 1.80. The molecule has 0 bridgehead atoms. The van der Waals surface area contributed by atoms with Crippen molar-refractivity contribution < 1.29 is 19.1 Å². The molecule has 0 fully saturated rings. The van der Waals surface area contributed by atoms with E-state index in [1.807, 2.05) is 30.3 Å². The number of rotatable bonds is 5. The van der Waals surface area contributed by atoms with Gasteiger partial charge in [-0.3, -0.25) is 10.1 Å². The highest BCUT2D eigenvalue weighted by Gasteiger charge is 2.08. The zero-order valence-corrected chi connectivity index (χ0v) is 13.8. The number of benzene rings is 2. The van der Waals surface area contributed by atoms with E-state index in [2.05, 4.69) is 15.4 Å². The summed E-state index contributed by atoms with van der Waals surface area (Å²) in [5.41, 5.74) is 1.18. The summed E-state index contributed by atoms with van der Waals surface area (Å²) in [4.78, 5) is 23.1. The van der Waals surface area contributed by atoms with Gasteiger partial charge in [0.1, 0.15) is 5.75 Å². The summed E-state index contributed by atoms with van der Waals surface area (Å²) in [6.45, 7) is -0.200. The molecular weight excluding hydrogens is 328 g/mol. The third kappa shape index (κ3) is 5.36. The predicted octanol–water partition coefficient (Wildman–Crippen LogP) is 2.37. The molecule has 0 saturated carbocycles. The molecule has 2 N–H and O–H groups in total. The van der Waals surface area contributed by atoms with Gasteiger partial charge in [-0.25, -0.2) is 4.79 Å². The summed E-state index contributed by atoms with van der Waals surface area (Å²) in [5, 5.41) is 5.60. The maximum absolute atomic E-state index is 11.8. The van der Waals surface area contributed by atoms with Crippen molar-refractivity contribution in [2.24, 2.45) is 0 Å². The minimum atomic E-state index is -0.434. The molecule has 0 saturated heterocycles. The van der Waals surface area contributed by atoms with Crippen molar-refractivity contribution in [2.75, 3.05) is 19.0 Å². The Kier molecular flexibility index (Phi) is 6.27. The summed E-state index contributed by atoms with van der Waals surface area (Å²) >= 11 is 5.05. The zero-order valence-electron chi connectivity index (χ0n) is 12.9. The van der Waals surface area contributed by atoms with Crippen LogP contribution in [0.25, 0.3) is 0 Å². The molecule has 0 aromatic heterocycles. The first-order valence-electron chi connectivity index (χ1n) is 7.05. The van der Waals surface area contributed by atoms with Gasteiger partial charge in [0.15, 0.2) is 11.7 Å². The van der Waals surface area contributed by atoms with E-state index in [1.54, 1.807) is 24.3 Å². The second-order valence-electron chi connectivity index (χ2n) is 4.67. The molecule has 2 rings (SSSR count). The van der Waals surface area contributed by atoms with Gasteiger partial charge in [0.05, 0.1) is 12.7 Å². The van der Waals surface area contributed by atoms with Crippen molar-refractivity contribution in [3.05, 3.63) is 60.2 Å². The van der Waals surface area contributed by atoms with Crippen LogP contribution < -0.4 is 15.4 Å². The maximum Gasteiger partial charge on any atom is 0.337 e. The van der Waals surface area contributed by atoms with Crippen LogP contribution in [0.15, 0.2) is 54.6 Å². The molecule has 0 aliphatic carbocycles. The van der Waals surface area contributed by atoms with Crippen molar-refractivity contribution >= 4 is 34.9 Å². The minimum Gasteiger partial charge on any atom is -0.484 e. The second-order valence-corrected chi connectivity index (χ2v) is 5.08. The first kappa shape index (κ1) is 17.4. The van der Waals surface area contributed by atoms with E-state index in [-0.39, 0.29) is 17.6 Å². The van der Waals surface area contributed by atoms with Crippen LogP contribution in [-0.2, 0) is 9.53 Å². The molecule has 24 heavy (non-hydrogen) atoms. The molecule has 0 radical (unpaired) electrons. The summed E-state index contributed by atoms with van der Waals surface area (Å²) in [6, 6.07) is 15.5. The smallest absolute Gasteiger partial charge is 0.337 e. The number of thiocarbonyl (C=S) groups is 1. The Morgan fingerprint density at radius 1 is 1.04 bits per heavy atom. The van der Waals surface area contributed by atoms with Crippen LogP contribution in [0.2, 0.25) is 0 Å². The highest BCUT2D eigenvalue weighted by molar-refractivity contribution is 7.80. The highest BCUT2D eigenvalue weighted by atomic mass is 32.1. The van der Waals surface area contributed by atoms with Crippen LogP contribution in [0, 0.1) is 0 Å². The SMILES string of the molecule is COC(=O)c1ccc(OCC(=O)NC(=S)Nc2ccccc2)cc1. The number of amides is 1. The van der Waals surface area contributed by atoms with Gasteiger partial charge in [0.25, 0.3) is 5.91 Å². The molecule has 124 valence electrons. The number of methoxy groups -OCH3 is 1. The lowest BCUT2D eigenvalue weighted by atomic mass is 10.2. The largest absolute Gasteiger partial charge is 0.484 e. The monoisotopic (exact) mass is 344 g/mol. The van der Waals surface area contributed by atoms with Crippen molar-refractivity contribution in [3.8, 4) is 5.75 Å². The molecule has 0 spiro atoms. The number of anilines is 1. The third-order valence-corrected chi connectivity index (χ3v) is 3.13. The Morgan fingerprint density at radius 3 is 2.33 bits per heavy atom. The lowest BCUT2D eigenvalue weighted by molar-refractivity contribution is -0.121. The average Bonchev–Trinajstić information content (AvgIpc) is 2.60. The van der Waals surface area contributed by atoms with Gasteiger partial charge < -0.3 is 14.8 Å². The van der Waals surface area contributed by atoms with Gasteiger partial charge in [-0.1, -0.05) is 18.2 Å². The number of hydrogen-bond donors (Lipinski definition) is 2. The zero-order chi connectivity index (χ0) is 17.4. The van der Waals surface area contributed by atoms with Crippen LogP contribution in [0.5, 0.6) is 5.75 Å². The molecule has 6 nitrogen and oxygen atoms in total.